The van der Waals surface area contributed by atoms with E-state index >= 15 is 0 Å². The number of thiol groups is 4. The van der Waals surface area contributed by atoms with E-state index in [1.807, 2.05) is 0 Å². The van der Waals surface area contributed by atoms with Gasteiger partial charge in [0.2, 0.25) is 0 Å². The summed E-state index contributed by atoms with van der Waals surface area (Å²) in [7, 11) is 0. The molecular weight excluding hydrogens is 204 g/mol. The van der Waals surface area contributed by atoms with Crippen molar-refractivity contribution in [3.8, 4) is 0 Å². The van der Waals surface area contributed by atoms with Gasteiger partial charge in [0.15, 0.2) is 0 Å². The molecule has 0 aliphatic carbocycles. The zero-order valence-corrected chi connectivity index (χ0v) is 8.96. The first-order chi connectivity index (χ1) is 4.63. The summed E-state index contributed by atoms with van der Waals surface area (Å²) in [5, 5.41) is 9.11. The molecule has 0 aromatic rings. The van der Waals surface area contributed by atoms with Crippen molar-refractivity contribution in [3.63, 3.8) is 0 Å². The molecular formula is C5H12OS4. The van der Waals surface area contributed by atoms with E-state index < -0.39 is 6.10 Å². The molecule has 0 rings (SSSR count). The Kier molecular flexibility index (Phi) is 6.75. The monoisotopic (exact) mass is 216 g/mol. The Morgan fingerprint density at radius 3 is 1.50 bits per heavy atom. The van der Waals surface area contributed by atoms with Gasteiger partial charge in [-0.15, -0.1) is 0 Å². The molecule has 0 aliphatic rings. The van der Waals surface area contributed by atoms with Gasteiger partial charge in [-0.3, -0.25) is 0 Å². The van der Waals surface area contributed by atoms with E-state index in [0.717, 1.165) is 0 Å². The van der Waals surface area contributed by atoms with Gasteiger partial charge in [0.25, 0.3) is 0 Å². The maximum atomic E-state index is 9.34. The van der Waals surface area contributed by atoms with Crippen molar-refractivity contribution in [1.29, 1.82) is 0 Å². The van der Waals surface area contributed by atoms with E-state index in [1.165, 1.54) is 0 Å². The average molecular weight is 216 g/mol. The number of aliphatic hydroxyl groups excluding tert-OH is 1. The number of rotatable bonds is 4. The lowest BCUT2D eigenvalue weighted by Gasteiger charge is -2.20. The van der Waals surface area contributed by atoms with Crippen molar-refractivity contribution < 1.29 is 5.11 Å². The van der Waals surface area contributed by atoms with Gasteiger partial charge in [-0.25, -0.2) is 0 Å². The summed E-state index contributed by atoms with van der Waals surface area (Å²) in [5.41, 5.74) is 0. The second-order valence-corrected chi connectivity index (χ2v) is 4.05. The fraction of sp³-hybridized carbons (Fsp3) is 1.00. The molecule has 0 saturated heterocycles. The Morgan fingerprint density at radius 1 is 1.00 bits per heavy atom. The van der Waals surface area contributed by atoms with Crippen LogP contribution in [0, 0.1) is 0 Å². The van der Waals surface area contributed by atoms with E-state index in [0.29, 0.717) is 11.5 Å². The largest absolute Gasteiger partial charge is 0.391 e. The van der Waals surface area contributed by atoms with Crippen molar-refractivity contribution in [2.24, 2.45) is 0 Å². The normalized spacial score (nSPS) is 20.1. The Bertz CT molecular complexity index is 79.7. The number of hydrogen-bond donors (Lipinski definition) is 5. The van der Waals surface area contributed by atoms with Crippen LogP contribution in [-0.2, 0) is 0 Å². The highest BCUT2D eigenvalue weighted by Crippen LogP contribution is 2.13. The van der Waals surface area contributed by atoms with Crippen LogP contribution in [0.15, 0.2) is 0 Å². The van der Waals surface area contributed by atoms with Crippen LogP contribution in [0.4, 0.5) is 0 Å². The Hall–Kier alpha value is 1.36. The smallest absolute Gasteiger partial charge is 0.0787 e. The van der Waals surface area contributed by atoms with Crippen molar-refractivity contribution >= 4 is 50.5 Å². The predicted molar refractivity (Wildman–Crippen MR) is 59.3 cm³/mol. The Balaban J connectivity index is 3.69. The molecule has 0 spiro atoms. The third-order valence-electron chi connectivity index (χ3n) is 1.16. The van der Waals surface area contributed by atoms with Crippen LogP contribution in [0.25, 0.3) is 0 Å². The van der Waals surface area contributed by atoms with Gasteiger partial charge in [0.1, 0.15) is 0 Å². The van der Waals surface area contributed by atoms with Crippen LogP contribution in [0.2, 0.25) is 0 Å². The lowest BCUT2D eigenvalue weighted by Crippen LogP contribution is -2.33. The van der Waals surface area contributed by atoms with Crippen LogP contribution in [0.1, 0.15) is 0 Å². The molecule has 0 aromatic heterocycles. The summed E-state index contributed by atoms with van der Waals surface area (Å²) in [6.45, 7) is 0. The van der Waals surface area contributed by atoms with Crippen molar-refractivity contribution in [3.05, 3.63) is 0 Å². The molecule has 0 saturated carbocycles. The summed E-state index contributed by atoms with van der Waals surface area (Å²) >= 11 is 16.2. The first-order valence-corrected chi connectivity index (χ1v) is 5.19. The molecule has 1 nitrogen and oxygen atoms in total. The second kappa shape index (κ2) is 5.94. The molecule has 10 heavy (non-hydrogen) atoms. The van der Waals surface area contributed by atoms with Crippen LogP contribution in [0.3, 0.4) is 0 Å². The molecule has 5 heteroatoms. The summed E-state index contributed by atoms with van der Waals surface area (Å²) in [5.74, 6) is 1.10. The van der Waals surface area contributed by atoms with E-state index in [2.05, 4.69) is 50.5 Å². The lowest BCUT2D eigenvalue weighted by molar-refractivity contribution is 0.181. The summed E-state index contributed by atoms with van der Waals surface area (Å²) in [4.78, 5) is 0. The van der Waals surface area contributed by atoms with Gasteiger partial charge < -0.3 is 5.11 Å². The highest BCUT2D eigenvalue weighted by Gasteiger charge is 2.19. The molecule has 0 aliphatic heterocycles. The predicted octanol–water partition coefficient (Wildman–Crippen LogP) is 0.804. The van der Waals surface area contributed by atoms with E-state index in [-0.39, 0.29) is 10.5 Å². The van der Waals surface area contributed by atoms with Crippen molar-refractivity contribution in [1.82, 2.24) is 0 Å². The minimum atomic E-state index is -0.526. The first kappa shape index (κ1) is 11.4. The van der Waals surface area contributed by atoms with Gasteiger partial charge in [-0.1, -0.05) is 0 Å². The third kappa shape index (κ3) is 3.67. The first-order valence-electron chi connectivity index (χ1n) is 2.89. The molecule has 62 valence electrons. The van der Waals surface area contributed by atoms with Crippen LogP contribution < -0.4 is 0 Å². The highest BCUT2D eigenvalue weighted by atomic mass is 32.1. The molecule has 0 aromatic carbocycles. The molecule has 1 N–H and O–H groups in total. The van der Waals surface area contributed by atoms with E-state index in [4.69, 9.17) is 0 Å². The highest BCUT2D eigenvalue weighted by molar-refractivity contribution is 7.85. The van der Waals surface area contributed by atoms with Gasteiger partial charge in [-0.05, 0) is 0 Å². The summed E-state index contributed by atoms with van der Waals surface area (Å²) < 4.78 is 0. The van der Waals surface area contributed by atoms with Crippen LogP contribution in [-0.4, -0.2) is 33.2 Å². The van der Waals surface area contributed by atoms with Crippen molar-refractivity contribution in [2.75, 3.05) is 11.5 Å². The van der Waals surface area contributed by atoms with Gasteiger partial charge in [-0.2, -0.15) is 50.5 Å². The topological polar surface area (TPSA) is 20.2 Å². The molecule has 2 unspecified atom stereocenters. The van der Waals surface area contributed by atoms with E-state index in [1.54, 1.807) is 0 Å². The third-order valence-corrected chi connectivity index (χ3v) is 3.50. The molecule has 0 radical (unpaired) electrons. The minimum absolute atomic E-state index is 0.113. The molecule has 2 atom stereocenters. The Morgan fingerprint density at radius 2 is 1.30 bits per heavy atom. The summed E-state index contributed by atoms with van der Waals surface area (Å²) in [6.07, 6.45) is -0.526. The van der Waals surface area contributed by atoms with Gasteiger partial charge in [0.05, 0.1) is 6.10 Å². The molecule has 0 amide bonds. The maximum Gasteiger partial charge on any atom is 0.0787 e. The fourth-order valence-corrected chi connectivity index (χ4v) is 1.46. The maximum absolute atomic E-state index is 9.34. The SMILES string of the molecule is OC(C(S)CS)C(S)CS. The standard InChI is InChI=1S/C5H12OS4/c6-5(3(9)1-7)4(10)2-8/h3-10H,1-2H2. The average Bonchev–Trinajstić information content (AvgIpc) is 2.00. The Labute approximate surface area is 83.6 Å². The lowest BCUT2D eigenvalue weighted by atomic mass is 10.2. The molecule has 0 fully saturated rings. The fourth-order valence-electron chi connectivity index (χ4n) is 0.472. The second-order valence-electron chi connectivity index (χ2n) is 1.99. The number of hydrogen-bond acceptors (Lipinski definition) is 5. The van der Waals surface area contributed by atoms with Gasteiger partial charge >= 0.3 is 0 Å². The van der Waals surface area contributed by atoms with Crippen LogP contribution in [0.5, 0.6) is 0 Å². The molecule has 0 bridgehead atoms. The van der Waals surface area contributed by atoms with E-state index in [9.17, 15) is 5.11 Å². The van der Waals surface area contributed by atoms with Crippen LogP contribution >= 0.6 is 50.5 Å². The van der Waals surface area contributed by atoms with Gasteiger partial charge in [0, 0.05) is 22.0 Å². The zero-order chi connectivity index (χ0) is 8.15. The molecule has 0 heterocycles. The van der Waals surface area contributed by atoms with Crippen molar-refractivity contribution in [2.45, 2.75) is 16.6 Å². The summed E-state index contributed by atoms with van der Waals surface area (Å²) in [6, 6.07) is 0. The minimum Gasteiger partial charge on any atom is -0.391 e. The number of aliphatic hydroxyl groups is 1. The zero-order valence-electron chi connectivity index (χ0n) is 5.38. The quantitative estimate of drug-likeness (QED) is 0.441.